The van der Waals surface area contributed by atoms with E-state index in [9.17, 15) is 0 Å². The zero-order valence-electron chi connectivity index (χ0n) is 32.3. The van der Waals surface area contributed by atoms with Gasteiger partial charge in [-0.25, -0.2) is 0 Å². The van der Waals surface area contributed by atoms with Crippen LogP contribution < -0.4 is 10.4 Å². The van der Waals surface area contributed by atoms with Crippen LogP contribution in [0.4, 0.5) is 0 Å². The number of hydrogen-bond donors (Lipinski definition) is 0. The highest BCUT2D eigenvalue weighted by Gasteiger charge is 2.37. The largest absolute Gasteiger partial charge is 0.460 e. The van der Waals surface area contributed by atoms with E-state index in [1.165, 1.54) is 65.9 Å². The van der Waals surface area contributed by atoms with Crippen molar-refractivity contribution in [2.75, 3.05) is 0 Å². The number of rotatable bonds is 4. The highest BCUT2D eigenvalue weighted by Crippen LogP contribution is 2.54. The molecule has 0 spiro atoms. The Morgan fingerprint density at radius 2 is 1.42 bits per heavy atom. The Hall–Kier alpha value is -6.12. The van der Waals surface area contributed by atoms with E-state index in [-0.39, 0.29) is 11.8 Å². The number of furan rings is 2. The van der Waals surface area contributed by atoms with Crippen LogP contribution in [-0.2, 0) is 12.8 Å². The molecular formula is C55H44O2. The molecule has 0 radical (unpaired) electrons. The second kappa shape index (κ2) is 13.0. The first kappa shape index (κ1) is 33.1. The normalized spacial score (nSPS) is 22.9. The van der Waals surface area contributed by atoms with Crippen LogP contribution in [0.1, 0.15) is 83.8 Å². The number of allylic oxidation sites excluding steroid dienone is 12. The van der Waals surface area contributed by atoms with Crippen molar-refractivity contribution in [3.8, 4) is 11.1 Å². The lowest BCUT2D eigenvalue weighted by atomic mass is 9.64. The predicted octanol–water partition coefficient (Wildman–Crippen LogP) is 12.7. The molecule has 0 fully saturated rings. The average Bonchev–Trinajstić information content (AvgIpc) is 3.84. The molecule has 6 aliphatic rings. The fourth-order valence-corrected chi connectivity index (χ4v) is 11.0. The molecule has 0 bridgehead atoms. The van der Waals surface area contributed by atoms with E-state index in [1.807, 2.05) is 0 Å². The van der Waals surface area contributed by atoms with E-state index >= 15 is 0 Å². The lowest BCUT2D eigenvalue weighted by Gasteiger charge is -2.39. The zero-order chi connectivity index (χ0) is 37.6. The van der Waals surface area contributed by atoms with Gasteiger partial charge in [-0.1, -0.05) is 152 Å². The summed E-state index contributed by atoms with van der Waals surface area (Å²) < 4.78 is 13.5. The molecule has 2 heterocycles. The highest BCUT2D eigenvalue weighted by atomic mass is 16.4. The topological polar surface area (TPSA) is 26.3 Å². The molecule has 276 valence electrons. The number of fused-ring (bicyclic) bond motifs is 9. The van der Waals surface area contributed by atoms with Crippen molar-refractivity contribution in [3.05, 3.63) is 194 Å². The van der Waals surface area contributed by atoms with Crippen LogP contribution in [-0.4, -0.2) is 0 Å². The molecule has 2 aromatic heterocycles. The lowest BCUT2D eigenvalue weighted by Crippen LogP contribution is -2.31. The summed E-state index contributed by atoms with van der Waals surface area (Å²) in [5, 5.41) is 5.03. The van der Waals surface area contributed by atoms with Crippen LogP contribution >= 0.6 is 0 Å². The smallest absolute Gasteiger partial charge is 0.146 e. The Balaban J connectivity index is 1.00. The third kappa shape index (κ3) is 5.16. The van der Waals surface area contributed by atoms with E-state index in [1.54, 1.807) is 5.57 Å². The fourth-order valence-electron chi connectivity index (χ4n) is 11.0. The van der Waals surface area contributed by atoms with Crippen molar-refractivity contribution in [1.29, 1.82) is 0 Å². The Kier molecular flexibility index (Phi) is 7.52. The average molecular weight is 737 g/mol. The van der Waals surface area contributed by atoms with Gasteiger partial charge in [0.05, 0.1) is 5.39 Å². The lowest BCUT2D eigenvalue weighted by molar-refractivity contribution is 0.547. The molecule has 4 aromatic carbocycles. The van der Waals surface area contributed by atoms with Crippen molar-refractivity contribution in [3.63, 3.8) is 0 Å². The van der Waals surface area contributed by atoms with Gasteiger partial charge < -0.3 is 8.83 Å². The first-order chi connectivity index (χ1) is 28.2. The van der Waals surface area contributed by atoms with Gasteiger partial charge in [0.25, 0.3) is 0 Å². The Morgan fingerprint density at radius 1 is 0.632 bits per heavy atom. The van der Waals surface area contributed by atoms with Crippen LogP contribution in [0.3, 0.4) is 0 Å². The van der Waals surface area contributed by atoms with Gasteiger partial charge in [-0.05, 0) is 99.6 Å². The van der Waals surface area contributed by atoms with Crippen molar-refractivity contribution in [2.24, 2.45) is 11.8 Å². The summed E-state index contributed by atoms with van der Waals surface area (Å²) in [5.41, 5.74) is 16.7. The van der Waals surface area contributed by atoms with Crippen molar-refractivity contribution < 1.29 is 8.83 Å². The van der Waals surface area contributed by atoms with Gasteiger partial charge in [-0.2, -0.15) is 0 Å². The first-order valence-corrected chi connectivity index (χ1v) is 21.0. The summed E-state index contributed by atoms with van der Waals surface area (Å²) in [4.78, 5) is 0. The molecule has 2 heteroatoms. The molecule has 6 aromatic rings. The van der Waals surface area contributed by atoms with E-state index < -0.39 is 0 Å². The van der Waals surface area contributed by atoms with Crippen LogP contribution in [0.15, 0.2) is 153 Å². The van der Waals surface area contributed by atoms with Crippen LogP contribution in [0, 0.1) is 11.8 Å². The maximum atomic E-state index is 6.83. The standard InChI is InChI=1S/C55H44O2/c1-33-28-34-14-2-3-15-35(34)31-46(33)36-16-12-18-38(29-36)51-41-21-4-6-23-43(41)52(44-24-7-5-22-42(44)51)39-19-13-17-37(30-39)47-32-48-40-20-8-10-26-49(40)56-55(48)53-45-25-9-11-27-50(45)57-54(47)53/h2-6,9-10,12-19,21-23,25-26,28-33,43,46,52H,7-8,11,20,24,27H2,1H3. The molecule has 0 saturated carbocycles. The number of benzene rings is 4. The molecular weight excluding hydrogens is 693 g/mol. The third-order valence-corrected chi connectivity index (χ3v) is 13.6. The van der Waals surface area contributed by atoms with E-state index in [2.05, 4.69) is 159 Å². The predicted molar refractivity (Wildman–Crippen MR) is 236 cm³/mol. The van der Waals surface area contributed by atoms with Crippen LogP contribution in [0.25, 0.3) is 62.9 Å². The monoisotopic (exact) mass is 736 g/mol. The highest BCUT2D eigenvalue weighted by molar-refractivity contribution is 6.14. The van der Waals surface area contributed by atoms with Gasteiger partial charge >= 0.3 is 0 Å². The molecule has 6 aliphatic carbocycles. The number of hydrogen-bond acceptors (Lipinski definition) is 2. The van der Waals surface area contributed by atoms with E-state index in [4.69, 9.17) is 8.83 Å². The van der Waals surface area contributed by atoms with Gasteiger partial charge in [0, 0.05) is 46.3 Å². The van der Waals surface area contributed by atoms with Crippen LogP contribution in [0.5, 0.6) is 0 Å². The maximum absolute atomic E-state index is 6.83. The van der Waals surface area contributed by atoms with Gasteiger partial charge in [0.2, 0.25) is 0 Å². The molecule has 0 N–H and O–H groups in total. The SMILES string of the molecule is CC1C=c2ccccc2=CC1c1cccc(C2=C3C=CC=CC3C(c3cccc(-c4cc5c6c(oc5c5c7c(oc45)CCC=C7)C=CCC6)c3)C3=C2C=CCC3)c1. The second-order valence-electron chi connectivity index (χ2n) is 16.8. The third-order valence-electron chi connectivity index (χ3n) is 13.6. The zero-order valence-corrected chi connectivity index (χ0v) is 32.3. The molecule has 57 heavy (non-hydrogen) atoms. The molecule has 0 aliphatic heterocycles. The summed E-state index contributed by atoms with van der Waals surface area (Å²) in [6.45, 7) is 2.36. The summed E-state index contributed by atoms with van der Waals surface area (Å²) in [7, 11) is 0. The van der Waals surface area contributed by atoms with Gasteiger partial charge in [0.1, 0.15) is 22.7 Å². The minimum absolute atomic E-state index is 0.240. The summed E-state index contributed by atoms with van der Waals surface area (Å²) >= 11 is 0. The first-order valence-electron chi connectivity index (χ1n) is 21.0. The summed E-state index contributed by atoms with van der Waals surface area (Å²) in [5.74, 6) is 3.31. The molecule has 12 rings (SSSR count). The van der Waals surface area contributed by atoms with Crippen LogP contribution in [0.2, 0.25) is 0 Å². The summed E-state index contributed by atoms with van der Waals surface area (Å²) in [6.07, 6.45) is 34.1. The van der Waals surface area contributed by atoms with E-state index in [0.29, 0.717) is 11.8 Å². The minimum Gasteiger partial charge on any atom is -0.460 e. The van der Waals surface area contributed by atoms with Crippen molar-refractivity contribution >= 4 is 51.8 Å². The quantitative estimate of drug-likeness (QED) is 0.180. The summed E-state index contributed by atoms with van der Waals surface area (Å²) in [6, 6.07) is 30.0. The minimum atomic E-state index is 0.240. The Labute approximate surface area is 333 Å². The van der Waals surface area contributed by atoms with E-state index in [0.717, 1.165) is 72.2 Å². The molecule has 4 unspecified atom stereocenters. The Morgan fingerprint density at radius 3 is 2.35 bits per heavy atom. The second-order valence-corrected chi connectivity index (χ2v) is 16.8. The van der Waals surface area contributed by atoms with Gasteiger partial charge in [0.15, 0.2) is 0 Å². The Bertz CT molecular complexity index is 3050. The van der Waals surface area contributed by atoms with Gasteiger partial charge in [-0.15, -0.1) is 0 Å². The number of aryl methyl sites for hydroxylation is 2. The molecule has 0 amide bonds. The molecule has 0 saturated heterocycles. The molecule has 2 nitrogen and oxygen atoms in total. The van der Waals surface area contributed by atoms with Crippen molar-refractivity contribution in [1.82, 2.24) is 0 Å². The van der Waals surface area contributed by atoms with Crippen molar-refractivity contribution in [2.45, 2.75) is 57.3 Å². The fraction of sp³-hybridized carbons (Fsp3) is 0.200. The molecule has 4 atom stereocenters. The maximum Gasteiger partial charge on any atom is 0.146 e. The van der Waals surface area contributed by atoms with Gasteiger partial charge in [-0.3, -0.25) is 0 Å².